The van der Waals surface area contributed by atoms with Crippen molar-refractivity contribution < 1.29 is 13.7 Å². The standard InChI is InChI=1S/C27H25FN4O2/c1-17-26(18(2)34-31-17)20-12-23(30-16-33)27-22-14-21(29-11-10-28)8-9-24(22)32(25(27)13-20)15-19-6-4-3-5-7-19/h3-9,12-14,16,29H,10-11,15H2,1-2H3,(H,30,33). The number of anilines is 2. The van der Waals surface area contributed by atoms with Crippen molar-refractivity contribution in [3.8, 4) is 11.1 Å². The van der Waals surface area contributed by atoms with Gasteiger partial charge in [0.25, 0.3) is 0 Å². The van der Waals surface area contributed by atoms with Gasteiger partial charge in [0.05, 0.1) is 16.9 Å². The van der Waals surface area contributed by atoms with E-state index in [0.29, 0.717) is 18.6 Å². The molecule has 0 unspecified atom stereocenters. The summed E-state index contributed by atoms with van der Waals surface area (Å²) in [5, 5.41) is 12.0. The van der Waals surface area contributed by atoms with E-state index in [2.05, 4.69) is 38.6 Å². The van der Waals surface area contributed by atoms with Gasteiger partial charge in [-0.05, 0) is 55.3 Å². The molecule has 5 rings (SSSR count). The van der Waals surface area contributed by atoms with E-state index in [1.165, 1.54) is 0 Å². The third-order valence-electron chi connectivity index (χ3n) is 6.11. The quantitative estimate of drug-likeness (QED) is 0.278. The van der Waals surface area contributed by atoms with Crippen molar-refractivity contribution in [1.82, 2.24) is 9.72 Å². The number of rotatable bonds is 8. The number of carbonyl (C=O) groups is 1. The number of alkyl halides is 1. The molecule has 0 spiro atoms. The summed E-state index contributed by atoms with van der Waals surface area (Å²) in [5.41, 5.74) is 7.31. The lowest BCUT2D eigenvalue weighted by Crippen LogP contribution is -2.03. The zero-order valence-electron chi connectivity index (χ0n) is 19.1. The fourth-order valence-corrected chi connectivity index (χ4v) is 4.68. The van der Waals surface area contributed by atoms with Crippen LogP contribution in [0.15, 0.2) is 65.2 Å². The smallest absolute Gasteiger partial charge is 0.211 e. The summed E-state index contributed by atoms with van der Waals surface area (Å²) in [6.45, 7) is 4.24. The zero-order chi connectivity index (χ0) is 23.7. The number of hydrogen-bond acceptors (Lipinski definition) is 4. The molecule has 2 heterocycles. The van der Waals surface area contributed by atoms with Crippen molar-refractivity contribution in [1.29, 1.82) is 0 Å². The summed E-state index contributed by atoms with van der Waals surface area (Å²) in [7, 11) is 0. The van der Waals surface area contributed by atoms with Crippen LogP contribution < -0.4 is 10.6 Å². The number of fused-ring (bicyclic) bond motifs is 3. The highest BCUT2D eigenvalue weighted by Gasteiger charge is 2.19. The second-order valence-electron chi connectivity index (χ2n) is 8.30. The number of carbonyl (C=O) groups excluding carboxylic acids is 1. The van der Waals surface area contributed by atoms with Crippen LogP contribution in [0.1, 0.15) is 17.0 Å². The van der Waals surface area contributed by atoms with Crippen LogP contribution in [0.5, 0.6) is 0 Å². The highest BCUT2D eigenvalue weighted by Crippen LogP contribution is 2.40. The number of halogens is 1. The topological polar surface area (TPSA) is 72.1 Å². The van der Waals surface area contributed by atoms with Crippen LogP contribution in [0.2, 0.25) is 0 Å². The molecule has 0 radical (unpaired) electrons. The van der Waals surface area contributed by atoms with Gasteiger partial charge in [0.1, 0.15) is 12.4 Å². The summed E-state index contributed by atoms with van der Waals surface area (Å²) >= 11 is 0. The molecule has 0 bridgehead atoms. The lowest BCUT2D eigenvalue weighted by atomic mass is 10.0. The molecule has 2 aromatic heterocycles. The Bertz CT molecular complexity index is 1470. The van der Waals surface area contributed by atoms with E-state index in [1.54, 1.807) is 0 Å². The minimum atomic E-state index is -0.452. The third kappa shape index (κ3) is 3.79. The molecule has 172 valence electrons. The number of nitrogens with one attached hydrogen (secondary N) is 2. The molecule has 7 heteroatoms. The fourth-order valence-electron chi connectivity index (χ4n) is 4.68. The molecule has 0 saturated carbocycles. The highest BCUT2D eigenvalue weighted by molar-refractivity contribution is 6.17. The maximum atomic E-state index is 12.8. The maximum Gasteiger partial charge on any atom is 0.211 e. The normalized spacial score (nSPS) is 11.3. The molecule has 0 fully saturated rings. The maximum absolute atomic E-state index is 12.8. The van der Waals surface area contributed by atoms with Crippen LogP contribution in [0.4, 0.5) is 15.8 Å². The molecule has 0 aliphatic heterocycles. The Morgan fingerprint density at radius 3 is 2.59 bits per heavy atom. The Kier molecular flexibility index (Phi) is 5.76. The Labute approximate surface area is 196 Å². The second kappa shape index (κ2) is 9.02. The van der Waals surface area contributed by atoms with Crippen molar-refractivity contribution in [3.63, 3.8) is 0 Å². The number of benzene rings is 3. The first-order valence-corrected chi connectivity index (χ1v) is 11.2. The Morgan fingerprint density at radius 1 is 1.06 bits per heavy atom. The van der Waals surface area contributed by atoms with Gasteiger partial charge >= 0.3 is 0 Å². The monoisotopic (exact) mass is 456 g/mol. The Balaban J connectivity index is 1.82. The minimum absolute atomic E-state index is 0.240. The molecule has 2 N–H and O–H groups in total. The predicted molar refractivity (Wildman–Crippen MR) is 134 cm³/mol. The molecular formula is C27H25FN4O2. The number of aromatic nitrogens is 2. The van der Waals surface area contributed by atoms with Gasteiger partial charge in [-0.25, -0.2) is 4.39 Å². The first-order chi connectivity index (χ1) is 16.6. The van der Waals surface area contributed by atoms with E-state index >= 15 is 0 Å². The van der Waals surface area contributed by atoms with Gasteiger partial charge < -0.3 is 19.7 Å². The highest BCUT2D eigenvalue weighted by atomic mass is 19.1. The summed E-state index contributed by atoms with van der Waals surface area (Å²) in [6, 6.07) is 20.3. The summed E-state index contributed by atoms with van der Waals surface area (Å²) in [5.74, 6) is 0.720. The van der Waals surface area contributed by atoms with Gasteiger partial charge in [0.15, 0.2) is 0 Å². The molecule has 6 nitrogen and oxygen atoms in total. The number of nitrogens with zero attached hydrogens (tertiary/aromatic N) is 2. The molecule has 3 aromatic carbocycles. The lowest BCUT2D eigenvalue weighted by molar-refractivity contribution is -0.105. The SMILES string of the molecule is Cc1noc(C)c1-c1cc(NC=O)c2c3cc(NCCF)ccc3n(Cc3ccccc3)c2c1. The Hall–Kier alpha value is -4.13. The average molecular weight is 457 g/mol. The van der Waals surface area contributed by atoms with Gasteiger partial charge in [-0.1, -0.05) is 35.5 Å². The summed E-state index contributed by atoms with van der Waals surface area (Å²) < 4.78 is 20.4. The van der Waals surface area contributed by atoms with Gasteiger partial charge in [0, 0.05) is 40.6 Å². The first kappa shape index (κ1) is 21.7. The van der Waals surface area contributed by atoms with E-state index in [4.69, 9.17) is 4.52 Å². The van der Waals surface area contributed by atoms with Gasteiger partial charge in [-0.15, -0.1) is 0 Å². The van der Waals surface area contributed by atoms with Crippen molar-refractivity contribution in [3.05, 3.63) is 77.7 Å². The molecule has 0 atom stereocenters. The Morgan fingerprint density at radius 2 is 1.88 bits per heavy atom. The second-order valence-corrected chi connectivity index (χ2v) is 8.30. The van der Waals surface area contributed by atoms with Crippen LogP contribution in [0.25, 0.3) is 32.9 Å². The van der Waals surface area contributed by atoms with Crippen LogP contribution in [-0.2, 0) is 11.3 Å². The number of aryl methyl sites for hydroxylation is 2. The molecule has 0 aliphatic rings. The molecule has 34 heavy (non-hydrogen) atoms. The lowest BCUT2D eigenvalue weighted by Gasteiger charge is -2.11. The van der Waals surface area contributed by atoms with Crippen LogP contribution in [0.3, 0.4) is 0 Å². The third-order valence-corrected chi connectivity index (χ3v) is 6.11. The van der Waals surface area contributed by atoms with E-state index in [9.17, 15) is 9.18 Å². The van der Waals surface area contributed by atoms with Crippen molar-refractivity contribution in [2.45, 2.75) is 20.4 Å². The molecule has 0 aliphatic carbocycles. The zero-order valence-corrected chi connectivity index (χ0v) is 19.1. The van der Waals surface area contributed by atoms with E-state index in [-0.39, 0.29) is 6.54 Å². The predicted octanol–water partition coefficient (Wildman–Crippen LogP) is 6.06. The van der Waals surface area contributed by atoms with Crippen molar-refractivity contribution >= 4 is 39.6 Å². The number of hydrogen-bond donors (Lipinski definition) is 2. The minimum Gasteiger partial charge on any atom is -0.382 e. The largest absolute Gasteiger partial charge is 0.382 e. The van der Waals surface area contributed by atoms with Crippen LogP contribution >= 0.6 is 0 Å². The summed E-state index contributed by atoms with van der Waals surface area (Å²) in [4.78, 5) is 11.6. The van der Waals surface area contributed by atoms with Crippen molar-refractivity contribution in [2.75, 3.05) is 23.9 Å². The molecule has 0 saturated heterocycles. The van der Waals surface area contributed by atoms with Gasteiger partial charge in [-0.3, -0.25) is 4.79 Å². The van der Waals surface area contributed by atoms with Gasteiger partial charge in [0.2, 0.25) is 6.41 Å². The van der Waals surface area contributed by atoms with E-state index in [0.717, 1.165) is 55.6 Å². The van der Waals surface area contributed by atoms with Crippen LogP contribution in [-0.4, -0.2) is 29.4 Å². The van der Waals surface area contributed by atoms with Gasteiger partial charge in [-0.2, -0.15) is 0 Å². The molecule has 1 amide bonds. The average Bonchev–Trinajstić information content (AvgIpc) is 3.34. The fraction of sp³-hybridized carbons (Fsp3) is 0.185. The molecular weight excluding hydrogens is 431 g/mol. The van der Waals surface area contributed by atoms with Crippen LogP contribution in [0, 0.1) is 13.8 Å². The van der Waals surface area contributed by atoms with E-state index in [1.807, 2.05) is 56.3 Å². The van der Waals surface area contributed by atoms with Crippen molar-refractivity contribution in [2.24, 2.45) is 0 Å². The number of amides is 1. The molecule has 5 aromatic rings. The van der Waals surface area contributed by atoms with E-state index < -0.39 is 6.67 Å². The summed E-state index contributed by atoms with van der Waals surface area (Å²) in [6.07, 6.45) is 0.692. The first-order valence-electron chi connectivity index (χ1n) is 11.2.